The van der Waals surface area contributed by atoms with Gasteiger partial charge in [0.15, 0.2) is 34.3 Å². The quantitative estimate of drug-likeness (QED) is 0.164. The summed E-state index contributed by atoms with van der Waals surface area (Å²) in [7, 11) is 3.12. The lowest BCUT2D eigenvalue weighted by molar-refractivity contribution is -0.124. The van der Waals surface area contributed by atoms with Crippen LogP contribution < -0.4 is 14.8 Å². The summed E-state index contributed by atoms with van der Waals surface area (Å²) in [6.07, 6.45) is 2.31. The van der Waals surface area contributed by atoms with E-state index in [1.54, 1.807) is 88.3 Å². The van der Waals surface area contributed by atoms with Gasteiger partial charge in [0, 0.05) is 10.9 Å². The van der Waals surface area contributed by atoms with Crippen LogP contribution in [-0.4, -0.2) is 47.2 Å². The van der Waals surface area contributed by atoms with Gasteiger partial charge < -0.3 is 23.0 Å². The fraction of sp³-hybridized carbons (Fsp3) is 0.156. The van der Waals surface area contributed by atoms with E-state index in [0.717, 1.165) is 5.56 Å². The molecule has 0 spiro atoms. The highest BCUT2D eigenvalue weighted by atomic mass is 32.1. The highest BCUT2D eigenvalue weighted by Crippen LogP contribution is 2.34. The van der Waals surface area contributed by atoms with Crippen molar-refractivity contribution in [3.05, 3.63) is 84.1 Å². The number of esters is 1. The lowest BCUT2D eigenvalue weighted by Gasteiger charge is -2.15. The van der Waals surface area contributed by atoms with Gasteiger partial charge in [-0.3, -0.25) is 10.1 Å². The number of ether oxygens (including phenoxy) is 3. The molecule has 44 heavy (non-hydrogen) atoms. The molecule has 12 heteroatoms. The summed E-state index contributed by atoms with van der Waals surface area (Å²) in [4.78, 5) is 40.2. The molecular weight excluding hydrogens is 584 g/mol. The Morgan fingerprint density at radius 1 is 0.864 bits per heavy atom. The van der Waals surface area contributed by atoms with Crippen molar-refractivity contribution in [1.29, 1.82) is 0 Å². The number of rotatable bonds is 10. The molecule has 4 aromatic heterocycles. The minimum atomic E-state index is -1.04. The number of amides is 1. The zero-order valence-corrected chi connectivity index (χ0v) is 24.7. The number of benzene rings is 2. The van der Waals surface area contributed by atoms with Gasteiger partial charge in [-0.15, -0.1) is 11.3 Å². The molecule has 222 valence electrons. The van der Waals surface area contributed by atoms with E-state index < -0.39 is 18.0 Å². The van der Waals surface area contributed by atoms with Crippen molar-refractivity contribution < 1.29 is 32.6 Å². The maximum atomic E-state index is 13.2. The number of hydrogen-bond donors (Lipinski definition) is 1. The fourth-order valence-electron chi connectivity index (χ4n) is 4.52. The van der Waals surface area contributed by atoms with Gasteiger partial charge in [0.25, 0.3) is 5.91 Å². The van der Waals surface area contributed by atoms with Crippen LogP contribution in [0.25, 0.3) is 45.2 Å². The molecule has 0 saturated carbocycles. The molecule has 4 heterocycles. The van der Waals surface area contributed by atoms with Gasteiger partial charge in [-0.2, -0.15) is 0 Å². The molecule has 6 aromatic rings. The third kappa shape index (κ3) is 5.75. The Hall–Kier alpha value is -5.49. The average molecular weight is 611 g/mol. The molecule has 0 aliphatic carbocycles. The molecule has 11 nitrogen and oxygen atoms in total. The number of thiazole rings is 1. The van der Waals surface area contributed by atoms with Crippen molar-refractivity contribution in [3.8, 4) is 45.7 Å². The summed E-state index contributed by atoms with van der Waals surface area (Å²) >= 11 is 1.26. The number of nitrogens with one attached hydrogen (secondary N) is 1. The molecule has 0 radical (unpaired) electrons. The molecule has 1 atom stereocenters. The van der Waals surface area contributed by atoms with E-state index in [1.807, 2.05) is 11.4 Å². The molecule has 0 saturated heterocycles. The van der Waals surface area contributed by atoms with E-state index in [9.17, 15) is 9.59 Å². The van der Waals surface area contributed by atoms with Gasteiger partial charge >= 0.3 is 5.97 Å². The summed E-state index contributed by atoms with van der Waals surface area (Å²) in [5.74, 6) is 1.03. The van der Waals surface area contributed by atoms with E-state index >= 15 is 0 Å². The van der Waals surface area contributed by atoms with Gasteiger partial charge in [0.05, 0.1) is 49.0 Å². The lowest BCUT2D eigenvalue weighted by Crippen LogP contribution is -2.32. The Bertz CT molecular complexity index is 1930. The van der Waals surface area contributed by atoms with Crippen LogP contribution in [0.5, 0.6) is 11.5 Å². The number of aromatic nitrogens is 3. The summed E-state index contributed by atoms with van der Waals surface area (Å²) < 4.78 is 27.4. The Morgan fingerprint density at radius 3 is 2.20 bits per heavy atom. The standard InChI is InChI=1S/C32H26N4O7S/c1-4-23(30(37)36-32-35-22(17-44-32)18-10-12-24(39-2)27(16-18)40-3)43-31(38)19-9-11-20-21(15-19)34-29(26-8-6-14-42-26)28(33-20)25-7-5-13-41-25/h5-17,23H,4H2,1-3H3,(H,35,36,37). The molecule has 0 fully saturated rings. The van der Waals surface area contributed by atoms with E-state index in [-0.39, 0.29) is 12.0 Å². The molecular formula is C32H26N4O7S. The van der Waals surface area contributed by atoms with Crippen molar-refractivity contribution in [1.82, 2.24) is 15.0 Å². The Labute approximate surface area is 255 Å². The van der Waals surface area contributed by atoms with Gasteiger partial charge in [0.2, 0.25) is 0 Å². The van der Waals surface area contributed by atoms with E-state index in [4.69, 9.17) is 33.0 Å². The molecule has 1 unspecified atom stereocenters. The highest BCUT2D eigenvalue weighted by Gasteiger charge is 2.24. The maximum Gasteiger partial charge on any atom is 0.338 e. The van der Waals surface area contributed by atoms with Gasteiger partial charge in [-0.05, 0) is 67.1 Å². The van der Waals surface area contributed by atoms with Crippen molar-refractivity contribution in [2.45, 2.75) is 19.4 Å². The number of fused-ring (bicyclic) bond motifs is 1. The zero-order valence-electron chi connectivity index (χ0n) is 23.9. The topological polar surface area (TPSA) is 139 Å². The third-order valence-corrected chi connectivity index (χ3v) is 7.49. The molecule has 2 aromatic carbocycles. The second kappa shape index (κ2) is 12.4. The molecule has 0 aliphatic rings. The van der Waals surface area contributed by atoms with Crippen LogP contribution in [0, 0.1) is 0 Å². The van der Waals surface area contributed by atoms with Crippen molar-refractivity contribution in [2.75, 3.05) is 19.5 Å². The van der Waals surface area contributed by atoms with Crippen LogP contribution in [0.4, 0.5) is 5.13 Å². The Morgan fingerprint density at radius 2 is 1.57 bits per heavy atom. The third-order valence-electron chi connectivity index (χ3n) is 6.74. The summed E-state index contributed by atoms with van der Waals surface area (Å²) in [5, 5.41) is 4.94. The first kappa shape index (κ1) is 28.6. The normalized spacial score (nSPS) is 11.7. The SMILES string of the molecule is CCC(OC(=O)c1ccc2nc(-c3ccco3)c(-c3ccco3)nc2c1)C(=O)Nc1nc(-c2ccc(OC)c(OC)c2)cs1. The number of methoxy groups -OCH3 is 2. The molecule has 6 rings (SSSR count). The second-order valence-corrected chi connectivity index (χ2v) is 10.3. The Kier molecular flexibility index (Phi) is 8.06. The van der Waals surface area contributed by atoms with Crippen LogP contribution in [0.3, 0.4) is 0 Å². The fourth-order valence-corrected chi connectivity index (χ4v) is 5.24. The zero-order chi connectivity index (χ0) is 30.6. The predicted molar refractivity (Wildman–Crippen MR) is 164 cm³/mol. The van der Waals surface area contributed by atoms with Gasteiger partial charge in [-0.1, -0.05) is 6.92 Å². The largest absolute Gasteiger partial charge is 0.493 e. The first-order valence-electron chi connectivity index (χ1n) is 13.6. The van der Waals surface area contributed by atoms with E-state index in [0.29, 0.717) is 56.3 Å². The van der Waals surface area contributed by atoms with Crippen LogP contribution in [0.15, 0.2) is 87.4 Å². The van der Waals surface area contributed by atoms with Crippen LogP contribution in [0.1, 0.15) is 23.7 Å². The molecule has 0 aliphatic heterocycles. The van der Waals surface area contributed by atoms with Gasteiger partial charge in [-0.25, -0.2) is 19.7 Å². The number of carbonyl (C=O) groups excluding carboxylic acids is 2. The van der Waals surface area contributed by atoms with Crippen molar-refractivity contribution in [3.63, 3.8) is 0 Å². The molecule has 1 amide bonds. The van der Waals surface area contributed by atoms with Crippen molar-refractivity contribution in [2.24, 2.45) is 0 Å². The predicted octanol–water partition coefficient (Wildman–Crippen LogP) is 6.86. The highest BCUT2D eigenvalue weighted by molar-refractivity contribution is 7.14. The summed E-state index contributed by atoms with van der Waals surface area (Å²) in [5.41, 5.74) is 3.63. The monoisotopic (exact) mass is 610 g/mol. The Balaban J connectivity index is 1.19. The number of nitrogens with zero attached hydrogens (tertiary/aromatic N) is 3. The van der Waals surface area contributed by atoms with E-state index in [1.165, 1.54) is 11.3 Å². The van der Waals surface area contributed by atoms with Crippen molar-refractivity contribution >= 4 is 39.4 Å². The number of carbonyl (C=O) groups is 2. The number of hydrogen-bond acceptors (Lipinski definition) is 11. The van der Waals surface area contributed by atoms with Crippen LogP contribution in [-0.2, 0) is 9.53 Å². The summed E-state index contributed by atoms with van der Waals surface area (Å²) in [6, 6.07) is 17.3. The van der Waals surface area contributed by atoms with Gasteiger partial charge in [0.1, 0.15) is 11.4 Å². The molecule has 1 N–H and O–H groups in total. The van der Waals surface area contributed by atoms with Crippen LogP contribution >= 0.6 is 11.3 Å². The minimum Gasteiger partial charge on any atom is -0.493 e. The summed E-state index contributed by atoms with van der Waals surface area (Å²) in [6.45, 7) is 1.76. The minimum absolute atomic E-state index is 0.221. The number of anilines is 1. The lowest BCUT2D eigenvalue weighted by atomic mass is 10.1. The first-order chi connectivity index (χ1) is 21.5. The molecule has 0 bridgehead atoms. The van der Waals surface area contributed by atoms with Crippen LogP contribution in [0.2, 0.25) is 0 Å². The second-order valence-electron chi connectivity index (χ2n) is 9.48. The maximum absolute atomic E-state index is 13.2. The first-order valence-corrected chi connectivity index (χ1v) is 14.4. The number of furan rings is 2. The smallest absolute Gasteiger partial charge is 0.338 e. The van der Waals surface area contributed by atoms with E-state index in [2.05, 4.69) is 10.3 Å². The average Bonchev–Trinajstić information content (AvgIpc) is 3.86.